The second kappa shape index (κ2) is 11.1. The second-order valence-corrected chi connectivity index (χ2v) is 13.8. The summed E-state index contributed by atoms with van der Waals surface area (Å²) in [5, 5.41) is 0.332. The van der Waals surface area contributed by atoms with Crippen LogP contribution in [0, 0.1) is 0 Å². The van der Waals surface area contributed by atoms with Gasteiger partial charge in [-0.05, 0) is 61.9 Å². The van der Waals surface area contributed by atoms with Gasteiger partial charge in [-0.3, -0.25) is 9.59 Å². The van der Waals surface area contributed by atoms with Gasteiger partial charge >= 0.3 is 0 Å². The van der Waals surface area contributed by atoms with E-state index in [4.69, 9.17) is 4.74 Å². The van der Waals surface area contributed by atoms with E-state index >= 15 is 0 Å². The summed E-state index contributed by atoms with van der Waals surface area (Å²) in [6.07, 6.45) is 7.78. The molecule has 3 aromatic rings. The molecule has 6 rings (SSSR count). The molecule has 0 atom stereocenters. The van der Waals surface area contributed by atoms with Crippen molar-refractivity contribution in [3.63, 3.8) is 0 Å². The second-order valence-electron chi connectivity index (χ2n) is 11.6. The molecule has 2 aliphatic heterocycles. The molecule has 0 unspecified atom stereocenters. The summed E-state index contributed by atoms with van der Waals surface area (Å²) in [5.74, 6) is -0.286. The lowest BCUT2D eigenvalue weighted by Crippen LogP contribution is -2.41. The maximum absolute atomic E-state index is 13.8. The van der Waals surface area contributed by atoms with Crippen LogP contribution in [0.3, 0.4) is 0 Å². The number of amides is 2. The average Bonchev–Trinajstić information content (AvgIpc) is 3.19. The lowest BCUT2D eigenvalue weighted by Gasteiger charge is -2.28. The third-order valence-corrected chi connectivity index (χ3v) is 10.4. The first-order valence-corrected chi connectivity index (χ1v) is 16.2. The third kappa shape index (κ3) is 5.21. The number of carbonyl (C=O) groups excluding carboxylic acids is 2. The maximum Gasteiger partial charge on any atom is 0.264 e. The molecule has 1 aliphatic carbocycles. The molecule has 3 heterocycles. The van der Waals surface area contributed by atoms with Crippen LogP contribution in [0.2, 0.25) is 0 Å². The van der Waals surface area contributed by atoms with Crippen molar-refractivity contribution in [1.82, 2.24) is 14.2 Å². The molecule has 0 radical (unpaired) electrons. The van der Waals surface area contributed by atoms with E-state index in [2.05, 4.69) is 21.4 Å². The number of benzene rings is 2. The molecule has 1 saturated heterocycles. The van der Waals surface area contributed by atoms with Gasteiger partial charge in [0.15, 0.2) is 0 Å². The van der Waals surface area contributed by atoms with Gasteiger partial charge in [0.2, 0.25) is 10.0 Å². The zero-order valence-corrected chi connectivity index (χ0v) is 24.5. The number of hydrogen-bond donors (Lipinski definition) is 1. The number of nitrogens with one attached hydrogen (secondary N) is 1. The fourth-order valence-electron chi connectivity index (χ4n) is 6.42. The van der Waals surface area contributed by atoms with Gasteiger partial charge in [-0.15, -0.1) is 0 Å². The monoisotopic (exact) mass is 575 g/mol. The van der Waals surface area contributed by atoms with Crippen LogP contribution >= 0.6 is 0 Å². The molecule has 2 fully saturated rings. The van der Waals surface area contributed by atoms with Crippen LogP contribution in [-0.2, 0) is 26.1 Å². The van der Waals surface area contributed by atoms with Gasteiger partial charge in [-0.1, -0.05) is 49.6 Å². The number of rotatable bonds is 5. The Morgan fingerprint density at radius 2 is 1.73 bits per heavy atom. The highest BCUT2D eigenvalue weighted by atomic mass is 32.2. The van der Waals surface area contributed by atoms with Crippen LogP contribution in [0.4, 0.5) is 0 Å². The average molecular weight is 576 g/mol. The summed E-state index contributed by atoms with van der Waals surface area (Å²) in [7, 11) is -3.78. The molecular weight excluding hydrogens is 538 g/mol. The van der Waals surface area contributed by atoms with E-state index in [1.807, 2.05) is 29.2 Å². The lowest BCUT2D eigenvalue weighted by molar-refractivity contribution is -0.131. The standard InChI is InChI=1S/C32H37N3O5S/c1-21(2)41(38,39)33-31(36)24-12-13-27-28(19-24)35-20-25(32(37)34-14-16-40-17-15-34)18-23-10-6-7-11-26(23)30(35)29(27)22-8-4-3-5-9-22/h6-7,10-13,18-19,21-22H,3-5,8-9,14-17,20H2,1-2H3,(H,33,36). The molecule has 41 heavy (non-hydrogen) atoms. The number of sulfonamides is 1. The van der Waals surface area contributed by atoms with Crippen LogP contribution < -0.4 is 4.72 Å². The number of hydrogen-bond acceptors (Lipinski definition) is 5. The summed E-state index contributed by atoms with van der Waals surface area (Å²) < 4.78 is 34.8. The van der Waals surface area contributed by atoms with Crippen molar-refractivity contribution >= 4 is 38.8 Å². The van der Waals surface area contributed by atoms with Crippen LogP contribution in [0.25, 0.3) is 28.2 Å². The Kier molecular flexibility index (Phi) is 7.50. The predicted molar refractivity (Wildman–Crippen MR) is 160 cm³/mol. The Bertz CT molecular complexity index is 1640. The highest BCUT2D eigenvalue weighted by molar-refractivity contribution is 7.90. The first-order chi connectivity index (χ1) is 19.7. The molecule has 216 valence electrons. The van der Waals surface area contributed by atoms with Gasteiger partial charge in [0.05, 0.1) is 30.7 Å². The van der Waals surface area contributed by atoms with Crippen LogP contribution in [0.5, 0.6) is 0 Å². The molecule has 1 saturated carbocycles. The van der Waals surface area contributed by atoms with E-state index in [9.17, 15) is 18.0 Å². The first kappa shape index (κ1) is 27.7. The first-order valence-electron chi connectivity index (χ1n) is 14.6. The molecular formula is C32H37N3O5S. The maximum atomic E-state index is 13.8. The number of morpholine rings is 1. The van der Waals surface area contributed by atoms with Gasteiger partial charge < -0.3 is 14.2 Å². The van der Waals surface area contributed by atoms with Gasteiger partial charge in [-0.25, -0.2) is 13.1 Å². The number of aromatic nitrogens is 1. The largest absolute Gasteiger partial charge is 0.378 e. The van der Waals surface area contributed by atoms with E-state index in [-0.39, 0.29) is 11.5 Å². The Morgan fingerprint density at radius 1 is 1.00 bits per heavy atom. The quantitative estimate of drug-likeness (QED) is 0.458. The van der Waals surface area contributed by atoms with Crippen molar-refractivity contribution in [2.24, 2.45) is 0 Å². The van der Waals surface area contributed by atoms with Crippen molar-refractivity contribution in [1.29, 1.82) is 0 Å². The van der Waals surface area contributed by atoms with Crippen LogP contribution in [0.1, 0.15) is 73.4 Å². The Hall–Kier alpha value is -3.43. The molecule has 1 aromatic heterocycles. The molecule has 2 amide bonds. The van der Waals surface area contributed by atoms with Crippen molar-refractivity contribution in [2.45, 2.75) is 63.7 Å². The van der Waals surface area contributed by atoms with E-state index in [1.54, 1.807) is 26.0 Å². The summed E-state index contributed by atoms with van der Waals surface area (Å²) >= 11 is 0. The van der Waals surface area contributed by atoms with Crippen molar-refractivity contribution < 1.29 is 22.7 Å². The van der Waals surface area contributed by atoms with Crippen molar-refractivity contribution in [3.8, 4) is 11.3 Å². The zero-order valence-electron chi connectivity index (χ0n) is 23.7. The third-order valence-electron chi connectivity index (χ3n) is 8.68. The summed E-state index contributed by atoms with van der Waals surface area (Å²) in [5.41, 5.74) is 6.24. The van der Waals surface area contributed by atoms with Crippen molar-refractivity contribution in [2.75, 3.05) is 26.3 Å². The Labute approximate surface area is 241 Å². The fourth-order valence-corrected chi connectivity index (χ4v) is 7.04. The normalized spacial score (nSPS) is 18.0. The SMILES string of the molecule is CC(C)S(=O)(=O)NC(=O)c1ccc2c(C3CCCCC3)c3n(c2c1)CC(C(=O)N1CCOCC1)=Cc1ccccc1-3. The number of nitrogens with zero attached hydrogens (tertiary/aromatic N) is 2. The minimum Gasteiger partial charge on any atom is -0.378 e. The van der Waals surface area contributed by atoms with Gasteiger partial charge in [0.25, 0.3) is 11.8 Å². The number of ether oxygens (including phenoxy) is 1. The minimum atomic E-state index is -3.78. The zero-order chi connectivity index (χ0) is 28.7. The van der Waals surface area contributed by atoms with Gasteiger partial charge in [-0.2, -0.15) is 0 Å². The van der Waals surface area contributed by atoms with E-state index in [0.29, 0.717) is 44.3 Å². The summed E-state index contributed by atoms with van der Waals surface area (Å²) in [6, 6.07) is 13.7. The molecule has 3 aliphatic rings. The highest BCUT2D eigenvalue weighted by Crippen LogP contribution is 2.46. The molecule has 0 bridgehead atoms. The van der Waals surface area contributed by atoms with Gasteiger partial charge in [0.1, 0.15) is 0 Å². The molecule has 0 spiro atoms. The van der Waals surface area contributed by atoms with Crippen LogP contribution in [0.15, 0.2) is 48.0 Å². The Balaban J connectivity index is 1.54. The van der Waals surface area contributed by atoms with Crippen molar-refractivity contribution in [3.05, 3.63) is 64.7 Å². The molecule has 8 nitrogen and oxygen atoms in total. The Morgan fingerprint density at radius 3 is 2.46 bits per heavy atom. The highest BCUT2D eigenvalue weighted by Gasteiger charge is 2.32. The predicted octanol–water partition coefficient (Wildman–Crippen LogP) is 5.08. The number of carbonyl (C=O) groups is 2. The lowest BCUT2D eigenvalue weighted by atomic mass is 9.81. The topological polar surface area (TPSA) is 97.7 Å². The smallest absolute Gasteiger partial charge is 0.264 e. The molecule has 9 heteroatoms. The summed E-state index contributed by atoms with van der Waals surface area (Å²) in [6.45, 7) is 5.60. The van der Waals surface area contributed by atoms with Gasteiger partial charge in [0, 0.05) is 40.7 Å². The van der Waals surface area contributed by atoms with E-state index in [1.165, 1.54) is 24.8 Å². The number of fused-ring (bicyclic) bond motifs is 5. The van der Waals surface area contributed by atoms with E-state index in [0.717, 1.165) is 40.6 Å². The fraction of sp³-hybridized carbons (Fsp3) is 0.438. The van der Waals surface area contributed by atoms with E-state index < -0.39 is 21.2 Å². The molecule has 1 N–H and O–H groups in total. The molecule has 2 aromatic carbocycles. The van der Waals surface area contributed by atoms with Crippen LogP contribution in [-0.4, -0.2) is 61.3 Å². The summed E-state index contributed by atoms with van der Waals surface area (Å²) in [4.78, 5) is 28.8. The minimum absolute atomic E-state index is 0.00561.